The number of hydrogen-bond acceptors (Lipinski definition) is 4. The van der Waals surface area contributed by atoms with E-state index in [0.29, 0.717) is 30.6 Å². The van der Waals surface area contributed by atoms with Gasteiger partial charge in [-0.05, 0) is 50.3 Å². The molecule has 0 aromatic heterocycles. The highest BCUT2D eigenvalue weighted by molar-refractivity contribution is 7.89. The molecule has 6 nitrogen and oxygen atoms in total. The zero-order chi connectivity index (χ0) is 20.3. The first-order valence-corrected chi connectivity index (χ1v) is 10.5. The topological polar surface area (TPSA) is 69.7 Å². The molecular formula is C20H24FN3O3S. The van der Waals surface area contributed by atoms with Crippen LogP contribution in [0.2, 0.25) is 0 Å². The minimum absolute atomic E-state index is 0.0450. The third kappa shape index (κ3) is 4.57. The Kier molecular flexibility index (Phi) is 6.12. The van der Waals surface area contributed by atoms with Crippen LogP contribution in [0.25, 0.3) is 0 Å². The first-order valence-electron chi connectivity index (χ1n) is 9.08. The summed E-state index contributed by atoms with van der Waals surface area (Å²) in [5, 5.41) is 2.75. The highest BCUT2D eigenvalue weighted by atomic mass is 32.2. The lowest BCUT2D eigenvalue weighted by Gasteiger charge is -2.25. The Hall–Kier alpha value is -2.29. The summed E-state index contributed by atoms with van der Waals surface area (Å²) in [5.41, 5.74) is 1.76. The van der Waals surface area contributed by atoms with Crippen molar-refractivity contribution in [2.45, 2.75) is 24.3 Å². The summed E-state index contributed by atoms with van der Waals surface area (Å²) in [6.07, 6.45) is 0.825. The van der Waals surface area contributed by atoms with Gasteiger partial charge in [-0.2, -0.15) is 4.31 Å². The van der Waals surface area contributed by atoms with Crippen LogP contribution in [0, 0.1) is 5.82 Å². The molecule has 0 saturated carbocycles. The number of amides is 1. The van der Waals surface area contributed by atoms with Crippen molar-refractivity contribution in [3.8, 4) is 0 Å². The molecule has 0 spiro atoms. The Morgan fingerprint density at radius 1 is 1.07 bits per heavy atom. The Bertz CT molecular complexity index is 976. The number of benzene rings is 2. The van der Waals surface area contributed by atoms with Crippen LogP contribution in [0.1, 0.15) is 17.5 Å². The maximum Gasteiger partial charge on any atom is 0.243 e. The van der Waals surface area contributed by atoms with Gasteiger partial charge in [-0.3, -0.25) is 4.79 Å². The maximum absolute atomic E-state index is 14.1. The number of likely N-dealkylation sites (N-methyl/N-ethyl adjacent to an activating group) is 1. The summed E-state index contributed by atoms with van der Waals surface area (Å²) < 4.78 is 42.0. The monoisotopic (exact) mass is 405 g/mol. The summed E-state index contributed by atoms with van der Waals surface area (Å²) in [4.78, 5) is 13.6. The maximum atomic E-state index is 14.1. The number of hydrogen-bond donors (Lipinski definition) is 1. The fourth-order valence-corrected chi connectivity index (χ4v) is 4.54. The van der Waals surface area contributed by atoms with Crippen LogP contribution in [0.15, 0.2) is 47.4 Å². The number of carbonyl (C=O) groups excluding carboxylic acids is 1. The zero-order valence-corrected chi connectivity index (χ0v) is 16.8. The first-order chi connectivity index (χ1) is 13.3. The van der Waals surface area contributed by atoms with Gasteiger partial charge in [0.1, 0.15) is 5.82 Å². The van der Waals surface area contributed by atoms with Crippen LogP contribution in [0.5, 0.6) is 0 Å². The Morgan fingerprint density at radius 3 is 2.54 bits per heavy atom. The standard InChI is InChI=1S/C20H24FN3O3S/c1-23(2)11-12-24(14-16-5-3-4-6-18(16)21)28(26,27)17-8-9-19-15(13-17)7-10-20(25)22-19/h3-6,8-9,13H,7,10-12,14H2,1-2H3,(H,22,25). The number of rotatable bonds is 7. The number of nitrogens with zero attached hydrogens (tertiary/aromatic N) is 2. The molecule has 1 amide bonds. The number of fused-ring (bicyclic) bond motifs is 1. The van der Waals surface area contributed by atoms with Gasteiger partial charge in [0.15, 0.2) is 0 Å². The van der Waals surface area contributed by atoms with Crippen molar-refractivity contribution in [1.82, 2.24) is 9.21 Å². The molecule has 1 aliphatic rings. The Morgan fingerprint density at radius 2 is 1.82 bits per heavy atom. The van der Waals surface area contributed by atoms with Gasteiger partial charge in [0.05, 0.1) is 4.90 Å². The van der Waals surface area contributed by atoms with Crippen molar-refractivity contribution >= 4 is 21.6 Å². The van der Waals surface area contributed by atoms with Crippen LogP contribution >= 0.6 is 0 Å². The van der Waals surface area contributed by atoms with Crippen molar-refractivity contribution in [3.63, 3.8) is 0 Å². The predicted octanol–water partition coefficient (Wildman–Crippen LogP) is 2.46. The second kappa shape index (κ2) is 8.38. The Labute approximate surface area is 165 Å². The number of nitrogens with one attached hydrogen (secondary N) is 1. The smallest absolute Gasteiger partial charge is 0.243 e. The van der Waals surface area contributed by atoms with Crippen LogP contribution < -0.4 is 5.32 Å². The fraction of sp³-hybridized carbons (Fsp3) is 0.350. The summed E-state index contributed by atoms with van der Waals surface area (Å²) in [6.45, 7) is 0.697. The van der Waals surface area contributed by atoms with E-state index < -0.39 is 15.8 Å². The van der Waals surface area contributed by atoms with Crippen LogP contribution in [-0.4, -0.2) is 50.7 Å². The number of carbonyl (C=O) groups is 1. The highest BCUT2D eigenvalue weighted by Gasteiger charge is 2.27. The van der Waals surface area contributed by atoms with E-state index in [9.17, 15) is 17.6 Å². The first kappa shape index (κ1) is 20.4. The van der Waals surface area contributed by atoms with Gasteiger partial charge in [-0.1, -0.05) is 18.2 Å². The van der Waals surface area contributed by atoms with Crippen molar-refractivity contribution in [2.24, 2.45) is 0 Å². The molecule has 0 atom stereocenters. The SMILES string of the molecule is CN(C)CCN(Cc1ccccc1F)S(=O)(=O)c1ccc2c(c1)CCC(=O)N2. The summed E-state index contributed by atoms with van der Waals surface area (Å²) in [5.74, 6) is -0.504. The van der Waals surface area contributed by atoms with E-state index in [2.05, 4.69) is 5.32 Å². The minimum atomic E-state index is -3.83. The van der Waals surface area contributed by atoms with Crippen molar-refractivity contribution in [2.75, 3.05) is 32.5 Å². The molecule has 0 bridgehead atoms. The normalized spacial score (nSPS) is 14.2. The molecular weight excluding hydrogens is 381 g/mol. The van der Waals surface area contributed by atoms with Crippen LogP contribution in [-0.2, 0) is 27.8 Å². The highest BCUT2D eigenvalue weighted by Crippen LogP contribution is 2.27. The van der Waals surface area contributed by atoms with Gasteiger partial charge in [0.2, 0.25) is 15.9 Å². The molecule has 1 heterocycles. The van der Waals surface area contributed by atoms with Gasteiger partial charge in [-0.15, -0.1) is 0 Å². The molecule has 28 heavy (non-hydrogen) atoms. The van der Waals surface area contributed by atoms with Gasteiger partial charge in [0.25, 0.3) is 0 Å². The molecule has 0 radical (unpaired) electrons. The molecule has 1 aliphatic heterocycles. The summed E-state index contributed by atoms with van der Waals surface area (Å²) >= 11 is 0. The summed E-state index contributed by atoms with van der Waals surface area (Å²) in [7, 11) is -0.118. The van der Waals surface area contributed by atoms with Gasteiger partial charge >= 0.3 is 0 Å². The molecule has 0 saturated heterocycles. The average molecular weight is 405 g/mol. The second-order valence-electron chi connectivity index (χ2n) is 7.10. The molecule has 3 rings (SSSR count). The number of halogens is 1. The molecule has 2 aromatic rings. The van der Waals surface area contributed by atoms with Gasteiger partial charge in [0, 0.05) is 37.3 Å². The lowest BCUT2D eigenvalue weighted by molar-refractivity contribution is -0.116. The van der Waals surface area contributed by atoms with E-state index in [4.69, 9.17) is 0 Å². The zero-order valence-electron chi connectivity index (χ0n) is 16.0. The molecule has 0 aliphatic carbocycles. The van der Waals surface area contributed by atoms with E-state index in [1.165, 1.54) is 16.4 Å². The fourth-order valence-electron chi connectivity index (χ4n) is 3.08. The largest absolute Gasteiger partial charge is 0.326 e. The van der Waals surface area contributed by atoms with Gasteiger partial charge in [-0.25, -0.2) is 12.8 Å². The van der Waals surface area contributed by atoms with Crippen LogP contribution in [0.3, 0.4) is 0 Å². The van der Waals surface area contributed by atoms with Crippen molar-refractivity contribution in [3.05, 3.63) is 59.4 Å². The molecule has 8 heteroatoms. The van der Waals surface area contributed by atoms with Gasteiger partial charge < -0.3 is 10.2 Å². The second-order valence-corrected chi connectivity index (χ2v) is 9.04. The molecule has 150 valence electrons. The summed E-state index contributed by atoms with van der Waals surface area (Å²) in [6, 6.07) is 10.9. The van der Waals surface area contributed by atoms with E-state index in [1.54, 1.807) is 30.3 Å². The average Bonchev–Trinajstić information content (AvgIpc) is 2.65. The molecule has 0 unspecified atom stereocenters. The number of sulfonamides is 1. The third-order valence-electron chi connectivity index (χ3n) is 4.71. The number of aryl methyl sites for hydroxylation is 1. The Balaban J connectivity index is 1.93. The minimum Gasteiger partial charge on any atom is -0.326 e. The van der Waals surface area contributed by atoms with Crippen molar-refractivity contribution < 1.29 is 17.6 Å². The number of anilines is 1. The van der Waals surface area contributed by atoms with Crippen molar-refractivity contribution in [1.29, 1.82) is 0 Å². The third-order valence-corrected chi connectivity index (χ3v) is 6.55. The van der Waals surface area contributed by atoms with E-state index >= 15 is 0 Å². The van der Waals surface area contributed by atoms with E-state index in [-0.39, 0.29) is 23.9 Å². The molecule has 2 aromatic carbocycles. The predicted molar refractivity (Wildman–Crippen MR) is 106 cm³/mol. The molecule has 1 N–H and O–H groups in total. The quantitative estimate of drug-likeness (QED) is 0.768. The van der Waals surface area contributed by atoms with E-state index in [0.717, 1.165) is 5.56 Å². The molecule has 0 fully saturated rings. The van der Waals surface area contributed by atoms with Crippen LogP contribution in [0.4, 0.5) is 10.1 Å². The lowest BCUT2D eigenvalue weighted by Crippen LogP contribution is -2.36. The lowest BCUT2D eigenvalue weighted by atomic mass is 10.0. The van der Waals surface area contributed by atoms with E-state index in [1.807, 2.05) is 19.0 Å².